The molecular formula is C21H13Br2ClN2O2. The fourth-order valence-corrected chi connectivity index (χ4v) is 3.80. The summed E-state index contributed by atoms with van der Waals surface area (Å²) in [5.74, 6) is 1.18. The van der Waals surface area contributed by atoms with E-state index in [1.54, 1.807) is 0 Å². The first-order valence-electron chi connectivity index (χ1n) is 8.35. The Kier molecular flexibility index (Phi) is 5.27. The van der Waals surface area contributed by atoms with Crippen molar-refractivity contribution in [2.45, 2.75) is 6.92 Å². The normalized spacial score (nSPS) is 14.1. The summed E-state index contributed by atoms with van der Waals surface area (Å²) in [7, 11) is 0. The summed E-state index contributed by atoms with van der Waals surface area (Å²) in [5, 5.41) is 3.43. The molecule has 3 aromatic carbocycles. The van der Waals surface area contributed by atoms with Crippen molar-refractivity contribution in [2.75, 3.05) is 5.32 Å². The number of nitrogens with zero attached hydrogens (tertiary/aromatic N) is 1. The Hall–Kier alpha value is -2.15. The molecule has 1 heterocycles. The highest BCUT2D eigenvalue weighted by molar-refractivity contribution is 9.10. The first kappa shape index (κ1) is 19.2. The maximum Gasteiger partial charge on any atom is 0.275 e. The number of benzene rings is 3. The molecule has 140 valence electrons. The molecule has 0 unspecified atom stereocenters. The molecule has 1 aliphatic rings. The Labute approximate surface area is 183 Å². The number of halogens is 3. The van der Waals surface area contributed by atoms with Gasteiger partial charge in [0.1, 0.15) is 17.2 Å². The van der Waals surface area contributed by atoms with Gasteiger partial charge in [-0.3, -0.25) is 4.79 Å². The maximum absolute atomic E-state index is 12.4. The molecule has 0 radical (unpaired) electrons. The van der Waals surface area contributed by atoms with Crippen molar-refractivity contribution in [3.05, 3.63) is 79.7 Å². The van der Waals surface area contributed by atoms with Crippen LogP contribution in [0, 0.1) is 6.92 Å². The number of fused-ring (bicyclic) bond motifs is 1. The summed E-state index contributed by atoms with van der Waals surface area (Å²) in [6.45, 7) is 1.86. The molecule has 4 rings (SSSR count). The minimum atomic E-state index is -0.248. The van der Waals surface area contributed by atoms with Crippen LogP contribution >= 0.6 is 43.5 Å². The number of rotatable bonds is 3. The number of aliphatic imine (C=N–C) groups is 1. The lowest BCUT2D eigenvalue weighted by molar-refractivity contribution is -0.110. The number of ether oxygens (including phenoxy) is 1. The second-order valence-electron chi connectivity index (χ2n) is 6.18. The average Bonchev–Trinajstić information content (AvgIpc) is 2.99. The molecule has 0 saturated heterocycles. The first-order chi connectivity index (χ1) is 13.4. The average molecular weight is 521 g/mol. The molecule has 0 aromatic heterocycles. The predicted octanol–water partition coefficient (Wildman–Crippen LogP) is 7.04. The van der Waals surface area contributed by atoms with E-state index in [0.29, 0.717) is 27.9 Å². The van der Waals surface area contributed by atoms with Crippen LogP contribution in [0.15, 0.2) is 68.5 Å². The van der Waals surface area contributed by atoms with Crippen LogP contribution in [0.5, 0.6) is 11.5 Å². The van der Waals surface area contributed by atoms with Gasteiger partial charge < -0.3 is 10.1 Å². The fraction of sp³-hybridized carbons (Fsp3) is 0.0476. The molecule has 0 atom stereocenters. The van der Waals surface area contributed by atoms with E-state index in [-0.39, 0.29) is 5.91 Å². The van der Waals surface area contributed by atoms with Gasteiger partial charge in [-0.1, -0.05) is 27.5 Å². The molecule has 0 spiro atoms. The summed E-state index contributed by atoms with van der Waals surface area (Å²) in [6, 6.07) is 16.7. The van der Waals surface area contributed by atoms with Gasteiger partial charge in [0.25, 0.3) is 5.91 Å². The summed E-state index contributed by atoms with van der Waals surface area (Å²) in [6.07, 6.45) is 0. The van der Waals surface area contributed by atoms with Gasteiger partial charge in [0, 0.05) is 14.5 Å². The monoisotopic (exact) mass is 518 g/mol. The molecule has 0 aliphatic carbocycles. The minimum Gasteiger partial charge on any atom is -0.457 e. The molecule has 0 saturated carbocycles. The van der Waals surface area contributed by atoms with Crippen molar-refractivity contribution >= 4 is 66.5 Å². The number of amides is 1. The zero-order chi connectivity index (χ0) is 19.8. The third kappa shape index (κ3) is 3.72. The lowest BCUT2D eigenvalue weighted by atomic mass is 10.1. The van der Waals surface area contributed by atoms with Gasteiger partial charge in [-0.15, -0.1) is 0 Å². The van der Waals surface area contributed by atoms with Crippen LogP contribution in [-0.4, -0.2) is 11.6 Å². The zero-order valence-corrected chi connectivity index (χ0v) is 18.5. The Morgan fingerprint density at radius 1 is 1.00 bits per heavy atom. The lowest BCUT2D eigenvalue weighted by Gasteiger charge is -2.07. The van der Waals surface area contributed by atoms with Crippen molar-refractivity contribution < 1.29 is 9.53 Å². The molecule has 1 amide bonds. The van der Waals surface area contributed by atoms with Crippen LogP contribution in [0.4, 0.5) is 11.4 Å². The van der Waals surface area contributed by atoms with Crippen molar-refractivity contribution in [1.82, 2.24) is 0 Å². The van der Waals surface area contributed by atoms with E-state index in [0.717, 1.165) is 25.8 Å². The third-order valence-corrected chi connectivity index (χ3v) is 6.16. The van der Waals surface area contributed by atoms with Gasteiger partial charge >= 0.3 is 0 Å². The van der Waals surface area contributed by atoms with Crippen LogP contribution in [0.25, 0.3) is 0 Å². The summed E-state index contributed by atoms with van der Waals surface area (Å²) in [5.41, 5.74) is 3.26. The smallest absolute Gasteiger partial charge is 0.275 e. The second kappa shape index (κ2) is 7.70. The van der Waals surface area contributed by atoms with Gasteiger partial charge in [0.05, 0.1) is 16.4 Å². The van der Waals surface area contributed by atoms with Crippen LogP contribution in [0.3, 0.4) is 0 Å². The number of hydrogen-bond acceptors (Lipinski definition) is 3. The lowest BCUT2D eigenvalue weighted by Crippen LogP contribution is -2.13. The molecule has 0 bridgehead atoms. The van der Waals surface area contributed by atoms with Gasteiger partial charge in [-0.2, -0.15) is 0 Å². The van der Waals surface area contributed by atoms with Crippen molar-refractivity contribution in [3.63, 3.8) is 0 Å². The number of carbonyl (C=O) groups is 1. The van der Waals surface area contributed by atoms with E-state index in [4.69, 9.17) is 16.3 Å². The van der Waals surface area contributed by atoms with Gasteiger partial charge in [0.15, 0.2) is 0 Å². The summed E-state index contributed by atoms with van der Waals surface area (Å²) >= 11 is 13.1. The second-order valence-corrected chi connectivity index (χ2v) is 8.33. The van der Waals surface area contributed by atoms with Crippen molar-refractivity contribution in [2.24, 2.45) is 4.99 Å². The van der Waals surface area contributed by atoms with Gasteiger partial charge in [-0.25, -0.2) is 4.99 Å². The Bertz CT molecular complexity index is 1110. The largest absolute Gasteiger partial charge is 0.457 e. The van der Waals surface area contributed by atoms with Crippen LogP contribution in [0.2, 0.25) is 5.02 Å². The summed E-state index contributed by atoms with van der Waals surface area (Å²) in [4.78, 5) is 16.9. The topological polar surface area (TPSA) is 50.7 Å². The van der Waals surface area contributed by atoms with E-state index in [9.17, 15) is 4.79 Å². The molecule has 1 N–H and O–H groups in total. The van der Waals surface area contributed by atoms with Crippen LogP contribution in [0.1, 0.15) is 11.1 Å². The van der Waals surface area contributed by atoms with Crippen molar-refractivity contribution in [3.8, 4) is 11.5 Å². The minimum absolute atomic E-state index is 0.248. The van der Waals surface area contributed by atoms with E-state index in [1.807, 2.05) is 61.5 Å². The SMILES string of the molecule is Cc1c(Cl)c(Br)cc2c1NC(=O)C2=Nc1ccc(Oc2ccc(Br)cc2)cc1. The van der Waals surface area contributed by atoms with Crippen molar-refractivity contribution in [1.29, 1.82) is 0 Å². The standard InChI is InChI=1S/C21H13Br2ClN2O2/c1-11-18(24)17(23)10-16-19(11)26-21(27)20(16)25-13-4-8-15(9-5-13)28-14-6-2-12(22)3-7-14/h2-10H,1H3,(H,25,26,27). The number of anilines is 1. The zero-order valence-electron chi connectivity index (χ0n) is 14.6. The molecule has 3 aromatic rings. The fourth-order valence-electron chi connectivity index (χ4n) is 2.86. The Balaban J connectivity index is 1.62. The van der Waals surface area contributed by atoms with E-state index in [1.165, 1.54) is 0 Å². The number of carbonyl (C=O) groups excluding carboxylic acids is 1. The maximum atomic E-state index is 12.4. The molecule has 28 heavy (non-hydrogen) atoms. The highest BCUT2D eigenvalue weighted by Gasteiger charge is 2.29. The molecule has 4 nitrogen and oxygen atoms in total. The molecular weight excluding hydrogens is 508 g/mol. The van der Waals surface area contributed by atoms with Gasteiger partial charge in [-0.05, 0) is 83.0 Å². The molecule has 7 heteroatoms. The van der Waals surface area contributed by atoms with E-state index >= 15 is 0 Å². The van der Waals surface area contributed by atoms with E-state index in [2.05, 4.69) is 42.2 Å². The molecule has 0 fully saturated rings. The summed E-state index contributed by atoms with van der Waals surface area (Å²) < 4.78 is 7.53. The third-order valence-electron chi connectivity index (χ3n) is 4.29. The predicted molar refractivity (Wildman–Crippen MR) is 119 cm³/mol. The van der Waals surface area contributed by atoms with Gasteiger partial charge in [0.2, 0.25) is 0 Å². The first-order valence-corrected chi connectivity index (χ1v) is 10.3. The molecule has 1 aliphatic heterocycles. The number of nitrogens with one attached hydrogen (secondary N) is 1. The van der Waals surface area contributed by atoms with Crippen LogP contribution in [-0.2, 0) is 4.79 Å². The Morgan fingerprint density at radius 3 is 2.25 bits per heavy atom. The number of hydrogen-bond donors (Lipinski definition) is 1. The quantitative estimate of drug-likeness (QED) is 0.403. The Morgan fingerprint density at radius 2 is 1.61 bits per heavy atom. The highest BCUT2D eigenvalue weighted by atomic mass is 79.9. The van der Waals surface area contributed by atoms with Crippen LogP contribution < -0.4 is 10.1 Å². The highest BCUT2D eigenvalue weighted by Crippen LogP contribution is 2.38. The van der Waals surface area contributed by atoms with E-state index < -0.39 is 0 Å².